The minimum Gasteiger partial charge on any atom is -0.490 e. The lowest BCUT2D eigenvalue weighted by molar-refractivity contribution is -0.411. The summed E-state index contributed by atoms with van der Waals surface area (Å²) in [6.07, 6.45) is 0. The molecule has 3 heteroatoms. The summed E-state index contributed by atoms with van der Waals surface area (Å²) < 4.78 is 11.3. The molecule has 0 saturated heterocycles. The maximum absolute atomic E-state index is 5.68. The van der Waals surface area contributed by atoms with Gasteiger partial charge in [-0.2, -0.15) is 0 Å². The fraction of sp³-hybridized carbons (Fsp3) is 0.333. The molecule has 0 heterocycles. The summed E-state index contributed by atoms with van der Waals surface area (Å²) in [5.41, 5.74) is 7.88. The van der Waals surface area contributed by atoms with Crippen LogP contribution in [0.25, 0.3) is 0 Å². The Morgan fingerprint density at radius 1 is 0.857 bits per heavy atom. The summed E-state index contributed by atoms with van der Waals surface area (Å²) in [6.45, 7) is 7.29. The molecule has 3 nitrogen and oxygen atoms in total. The Hall–Kier alpha value is -2.00. The number of hydrogen-bond donors (Lipinski definition) is 1. The third kappa shape index (κ3) is 3.76. The van der Waals surface area contributed by atoms with Crippen molar-refractivity contribution in [2.75, 3.05) is 13.2 Å². The van der Waals surface area contributed by atoms with E-state index in [1.165, 1.54) is 11.1 Å². The van der Waals surface area contributed by atoms with Crippen molar-refractivity contribution in [1.29, 1.82) is 0 Å². The summed E-state index contributed by atoms with van der Waals surface area (Å²) >= 11 is 0. The molecule has 0 aliphatic carbocycles. The van der Waals surface area contributed by atoms with Gasteiger partial charge in [-0.3, -0.25) is 0 Å². The first-order valence-corrected chi connectivity index (χ1v) is 7.44. The van der Waals surface area contributed by atoms with Crippen molar-refractivity contribution < 1.29 is 15.2 Å². The van der Waals surface area contributed by atoms with Crippen molar-refractivity contribution in [2.24, 2.45) is 0 Å². The highest BCUT2D eigenvalue weighted by Gasteiger charge is 2.15. The molecule has 2 rings (SSSR count). The molecule has 2 aromatic rings. The fourth-order valence-corrected chi connectivity index (χ4v) is 2.28. The monoisotopic (exact) mass is 286 g/mol. The lowest BCUT2D eigenvalue weighted by Crippen LogP contribution is -2.54. The molecular weight excluding hydrogens is 262 g/mol. The van der Waals surface area contributed by atoms with Crippen LogP contribution in [0.5, 0.6) is 11.5 Å². The normalized spacial score (nSPS) is 12.0. The van der Waals surface area contributed by atoms with Crippen molar-refractivity contribution in [2.45, 2.75) is 26.8 Å². The topological polar surface area (TPSA) is 46.1 Å². The van der Waals surface area contributed by atoms with Crippen LogP contribution in [-0.4, -0.2) is 13.2 Å². The van der Waals surface area contributed by atoms with E-state index in [0.717, 1.165) is 17.1 Å². The molecule has 0 aromatic heterocycles. The fourth-order valence-electron chi connectivity index (χ4n) is 2.28. The van der Waals surface area contributed by atoms with Gasteiger partial charge in [0.2, 0.25) is 0 Å². The van der Waals surface area contributed by atoms with Gasteiger partial charge in [0.05, 0.1) is 13.2 Å². The molecule has 0 amide bonds. The van der Waals surface area contributed by atoms with Crippen molar-refractivity contribution in [3.63, 3.8) is 0 Å². The molecule has 112 valence electrons. The first-order valence-electron chi connectivity index (χ1n) is 7.44. The van der Waals surface area contributed by atoms with Gasteiger partial charge in [0.15, 0.2) is 11.5 Å². The zero-order valence-corrected chi connectivity index (χ0v) is 13.1. The number of aryl methyl sites for hydroxylation is 1. The third-order valence-electron chi connectivity index (χ3n) is 3.45. The molecule has 0 saturated carbocycles. The second-order valence-corrected chi connectivity index (χ2v) is 5.04. The Morgan fingerprint density at radius 3 is 2.05 bits per heavy atom. The van der Waals surface area contributed by atoms with Crippen LogP contribution in [0.1, 0.15) is 36.6 Å². The van der Waals surface area contributed by atoms with E-state index < -0.39 is 0 Å². The smallest absolute Gasteiger partial charge is 0.161 e. The predicted octanol–water partition coefficient (Wildman–Crippen LogP) is 3.12. The van der Waals surface area contributed by atoms with Gasteiger partial charge in [-0.15, -0.1) is 0 Å². The van der Waals surface area contributed by atoms with E-state index in [9.17, 15) is 0 Å². The van der Waals surface area contributed by atoms with Crippen molar-refractivity contribution in [3.05, 3.63) is 59.2 Å². The van der Waals surface area contributed by atoms with Crippen LogP contribution < -0.4 is 15.2 Å². The highest BCUT2D eigenvalue weighted by atomic mass is 16.5. The Balaban J connectivity index is 2.30. The van der Waals surface area contributed by atoms with E-state index in [1.54, 1.807) is 0 Å². The second kappa shape index (κ2) is 7.14. The molecule has 0 aliphatic heterocycles. The van der Waals surface area contributed by atoms with Crippen LogP contribution in [0.3, 0.4) is 0 Å². The first-order chi connectivity index (χ1) is 10.2. The van der Waals surface area contributed by atoms with Gasteiger partial charge in [-0.1, -0.05) is 29.8 Å². The van der Waals surface area contributed by atoms with Gasteiger partial charge in [-0.25, -0.2) is 0 Å². The quantitative estimate of drug-likeness (QED) is 0.887. The Bertz CT molecular complexity index is 578. The van der Waals surface area contributed by atoms with E-state index in [1.807, 2.05) is 26.0 Å². The summed E-state index contributed by atoms with van der Waals surface area (Å²) in [5, 5.41) is 0. The van der Waals surface area contributed by atoms with Gasteiger partial charge < -0.3 is 15.2 Å². The van der Waals surface area contributed by atoms with Gasteiger partial charge in [0.1, 0.15) is 6.04 Å². The first kappa shape index (κ1) is 15.4. The van der Waals surface area contributed by atoms with E-state index in [-0.39, 0.29) is 6.04 Å². The van der Waals surface area contributed by atoms with Gasteiger partial charge >= 0.3 is 0 Å². The molecule has 2 aromatic carbocycles. The Kier molecular flexibility index (Phi) is 5.23. The summed E-state index contributed by atoms with van der Waals surface area (Å²) in [4.78, 5) is 0. The van der Waals surface area contributed by atoms with Crippen LogP contribution in [0.4, 0.5) is 0 Å². The number of ether oxygens (including phenoxy) is 2. The van der Waals surface area contributed by atoms with Crippen LogP contribution in [0.2, 0.25) is 0 Å². The van der Waals surface area contributed by atoms with Crippen LogP contribution in [0, 0.1) is 6.92 Å². The van der Waals surface area contributed by atoms with Crippen molar-refractivity contribution in [1.82, 2.24) is 0 Å². The molecule has 0 aliphatic rings. The molecule has 3 N–H and O–H groups in total. The predicted molar refractivity (Wildman–Crippen MR) is 84.7 cm³/mol. The molecule has 0 spiro atoms. The van der Waals surface area contributed by atoms with Crippen LogP contribution in [-0.2, 0) is 0 Å². The van der Waals surface area contributed by atoms with Crippen LogP contribution >= 0.6 is 0 Å². The van der Waals surface area contributed by atoms with Crippen LogP contribution in [0.15, 0.2) is 42.5 Å². The van der Waals surface area contributed by atoms with Gasteiger partial charge in [0, 0.05) is 11.1 Å². The Morgan fingerprint density at radius 2 is 1.43 bits per heavy atom. The maximum Gasteiger partial charge on any atom is 0.161 e. The third-order valence-corrected chi connectivity index (χ3v) is 3.45. The number of benzene rings is 2. The molecule has 1 atom stereocenters. The van der Waals surface area contributed by atoms with Crippen molar-refractivity contribution >= 4 is 0 Å². The summed E-state index contributed by atoms with van der Waals surface area (Å²) in [7, 11) is 0. The average molecular weight is 286 g/mol. The number of quaternary nitrogens is 1. The highest BCUT2D eigenvalue weighted by molar-refractivity contribution is 5.45. The lowest BCUT2D eigenvalue weighted by Gasteiger charge is -2.15. The molecular formula is C18H24NO2+. The van der Waals surface area contributed by atoms with E-state index in [4.69, 9.17) is 9.47 Å². The molecule has 21 heavy (non-hydrogen) atoms. The lowest BCUT2D eigenvalue weighted by atomic mass is 9.98. The molecule has 0 radical (unpaired) electrons. The molecule has 0 bridgehead atoms. The maximum atomic E-state index is 5.68. The molecule has 0 fully saturated rings. The van der Waals surface area contributed by atoms with Crippen molar-refractivity contribution in [3.8, 4) is 11.5 Å². The molecule has 1 unspecified atom stereocenters. The summed E-state index contributed by atoms with van der Waals surface area (Å²) in [6, 6.07) is 14.6. The number of hydrogen-bond acceptors (Lipinski definition) is 2. The second-order valence-electron chi connectivity index (χ2n) is 5.04. The minimum atomic E-state index is 0.0838. The average Bonchev–Trinajstić information content (AvgIpc) is 2.49. The van der Waals surface area contributed by atoms with E-state index >= 15 is 0 Å². The highest BCUT2D eigenvalue weighted by Crippen LogP contribution is 2.31. The van der Waals surface area contributed by atoms with E-state index in [2.05, 4.69) is 43.0 Å². The standard InChI is InChI=1S/C18H23NO2/c1-4-20-16-11-10-15(12-17(16)21-5-2)18(19)14-8-6-13(3)7-9-14/h6-12,18H,4-5,19H2,1-3H3/p+1. The zero-order chi connectivity index (χ0) is 15.2. The van der Waals surface area contributed by atoms with Gasteiger partial charge in [-0.05, 0) is 39.0 Å². The minimum absolute atomic E-state index is 0.0838. The van der Waals surface area contributed by atoms with E-state index in [0.29, 0.717) is 13.2 Å². The largest absolute Gasteiger partial charge is 0.490 e. The van der Waals surface area contributed by atoms with Gasteiger partial charge in [0.25, 0.3) is 0 Å². The number of rotatable bonds is 6. The Labute approximate surface area is 126 Å². The summed E-state index contributed by atoms with van der Waals surface area (Å²) in [5.74, 6) is 1.58. The SMILES string of the molecule is CCOc1ccc(C([NH3+])c2ccc(C)cc2)cc1OCC. The zero-order valence-electron chi connectivity index (χ0n) is 13.1.